The second-order valence-corrected chi connectivity index (χ2v) is 11.2. The molecule has 1 saturated heterocycles. The molecule has 1 aliphatic rings. The van der Waals surface area contributed by atoms with Gasteiger partial charge in [-0.1, -0.05) is 60.7 Å². The summed E-state index contributed by atoms with van der Waals surface area (Å²) >= 11 is 0. The van der Waals surface area contributed by atoms with Gasteiger partial charge in [-0.25, -0.2) is 15.0 Å². The number of nitrogens with one attached hydrogen (secondary N) is 1. The van der Waals surface area contributed by atoms with Crippen LogP contribution in [0.2, 0.25) is 0 Å². The van der Waals surface area contributed by atoms with Gasteiger partial charge in [0.2, 0.25) is 5.91 Å². The van der Waals surface area contributed by atoms with Crippen LogP contribution in [0, 0.1) is 0 Å². The number of aliphatic hydroxyl groups excluding tert-OH is 1. The molecule has 47 heavy (non-hydrogen) atoms. The Bertz CT molecular complexity index is 1760. The molecule has 11 heteroatoms. The van der Waals surface area contributed by atoms with Gasteiger partial charge in [0, 0.05) is 12.8 Å². The highest BCUT2D eigenvalue weighted by Gasteiger charge is 2.42. The first-order chi connectivity index (χ1) is 23.0. The van der Waals surface area contributed by atoms with Gasteiger partial charge < -0.3 is 29.4 Å². The Labute approximate surface area is 272 Å². The molecule has 1 fully saturated rings. The molecule has 0 unspecified atom stereocenters. The molecule has 0 bridgehead atoms. The average molecular weight is 636 g/mol. The third kappa shape index (κ3) is 6.46. The number of benzene rings is 3. The Morgan fingerprint density at radius 3 is 2.23 bits per heavy atom. The largest absolute Gasteiger partial charge is 0.497 e. The molecule has 0 spiro atoms. The molecular formula is C36H37N5O6. The molecule has 0 saturated carbocycles. The van der Waals surface area contributed by atoms with Crippen molar-refractivity contribution in [3.63, 3.8) is 0 Å². The number of nitrogens with zero attached hydrogens (tertiary/aromatic N) is 4. The van der Waals surface area contributed by atoms with Crippen molar-refractivity contribution in [2.45, 2.75) is 43.3 Å². The van der Waals surface area contributed by atoms with Crippen LogP contribution in [0.15, 0.2) is 104 Å². The average Bonchev–Trinajstić information content (AvgIpc) is 3.72. The molecule has 6 rings (SSSR count). The first-order valence-corrected chi connectivity index (χ1v) is 15.4. The molecule has 2 N–H and O–H groups in total. The second kappa shape index (κ2) is 14.1. The number of aliphatic hydroxyl groups is 1. The number of aromatic nitrogens is 4. The van der Waals surface area contributed by atoms with Gasteiger partial charge in [-0.05, 0) is 47.4 Å². The quantitative estimate of drug-likeness (QED) is 0.129. The van der Waals surface area contributed by atoms with Gasteiger partial charge in [0.25, 0.3) is 0 Å². The van der Waals surface area contributed by atoms with Crippen LogP contribution >= 0.6 is 0 Å². The molecule has 11 nitrogen and oxygen atoms in total. The Hall–Kier alpha value is -5.10. The van der Waals surface area contributed by atoms with Crippen LogP contribution in [0.5, 0.6) is 11.5 Å². The lowest BCUT2D eigenvalue weighted by atomic mass is 9.80. The number of rotatable bonds is 13. The number of carbonyl (C=O) groups is 1. The SMILES string of the molecule is C=CCCC(=O)Nc1ncnc2c1ncn2[C@H]1C[C@H](O)[C@@H](COC(c2ccccc2)(c2ccc(OC)cc2)c2ccc(OC)cc2)O1. The third-order valence-electron chi connectivity index (χ3n) is 8.34. The van der Waals surface area contributed by atoms with Crippen LogP contribution in [-0.4, -0.2) is 63.6 Å². The van der Waals surface area contributed by atoms with Crippen LogP contribution in [0.1, 0.15) is 42.2 Å². The fourth-order valence-electron chi connectivity index (χ4n) is 5.90. The lowest BCUT2D eigenvalue weighted by Crippen LogP contribution is -2.38. The monoisotopic (exact) mass is 635 g/mol. The van der Waals surface area contributed by atoms with Gasteiger partial charge in [-0.2, -0.15) is 0 Å². The Kier molecular flexibility index (Phi) is 9.58. The Morgan fingerprint density at radius 1 is 0.979 bits per heavy atom. The summed E-state index contributed by atoms with van der Waals surface area (Å²) < 4.78 is 26.0. The number of ether oxygens (including phenoxy) is 4. The van der Waals surface area contributed by atoms with Crippen molar-refractivity contribution < 1.29 is 28.8 Å². The smallest absolute Gasteiger partial charge is 0.225 e. The van der Waals surface area contributed by atoms with Crippen molar-refractivity contribution in [2.75, 3.05) is 26.1 Å². The second-order valence-electron chi connectivity index (χ2n) is 11.2. The van der Waals surface area contributed by atoms with Gasteiger partial charge in [0.1, 0.15) is 35.8 Å². The molecule has 0 radical (unpaired) electrons. The minimum absolute atomic E-state index is 0.0663. The van der Waals surface area contributed by atoms with E-state index in [1.54, 1.807) is 31.2 Å². The van der Waals surface area contributed by atoms with E-state index in [1.165, 1.54) is 6.33 Å². The highest BCUT2D eigenvalue weighted by molar-refractivity contribution is 5.96. The summed E-state index contributed by atoms with van der Waals surface area (Å²) in [5.74, 6) is 1.56. The molecular weight excluding hydrogens is 598 g/mol. The highest BCUT2D eigenvalue weighted by atomic mass is 16.6. The molecule has 1 amide bonds. The summed E-state index contributed by atoms with van der Waals surface area (Å²) in [7, 11) is 3.26. The number of amides is 1. The predicted octanol–water partition coefficient (Wildman–Crippen LogP) is 5.41. The van der Waals surface area contributed by atoms with Crippen molar-refractivity contribution in [2.24, 2.45) is 0 Å². The van der Waals surface area contributed by atoms with E-state index in [0.717, 1.165) is 28.2 Å². The van der Waals surface area contributed by atoms with Gasteiger partial charge in [0.15, 0.2) is 17.0 Å². The maximum atomic E-state index is 12.4. The van der Waals surface area contributed by atoms with Crippen LogP contribution < -0.4 is 14.8 Å². The molecule has 0 aliphatic carbocycles. The van der Waals surface area contributed by atoms with Crippen molar-refractivity contribution >= 4 is 22.9 Å². The molecule has 3 atom stereocenters. The topological polar surface area (TPSA) is 130 Å². The number of hydrogen-bond acceptors (Lipinski definition) is 9. The molecule has 242 valence electrons. The number of imidazole rings is 1. The van der Waals surface area contributed by atoms with Crippen molar-refractivity contribution in [1.29, 1.82) is 0 Å². The van der Waals surface area contributed by atoms with Crippen LogP contribution in [0.3, 0.4) is 0 Å². The fraction of sp³-hybridized carbons (Fsp3) is 0.278. The number of fused-ring (bicyclic) bond motifs is 1. The van der Waals surface area contributed by atoms with E-state index >= 15 is 0 Å². The van der Waals surface area contributed by atoms with Crippen molar-refractivity contribution in [1.82, 2.24) is 19.5 Å². The van der Waals surface area contributed by atoms with E-state index in [9.17, 15) is 9.90 Å². The van der Waals surface area contributed by atoms with E-state index in [0.29, 0.717) is 23.4 Å². The number of carbonyl (C=O) groups excluding carboxylic acids is 1. The number of anilines is 1. The van der Waals surface area contributed by atoms with Crippen molar-refractivity contribution in [3.8, 4) is 11.5 Å². The zero-order valence-electron chi connectivity index (χ0n) is 26.3. The summed E-state index contributed by atoms with van der Waals surface area (Å²) in [5, 5.41) is 14.1. The minimum Gasteiger partial charge on any atom is -0.497 e. The van der Waals surface area contributed by atoms with E-state index in [-0.39, 0.29) is 25.4 Å². The lowest BCUT2D eigenvalue weighted by molar-refractivity contribution is -0.116. The summed E-state index contributed by atoms with van der Waals surface area (Å²) in [4.78, 5) is 25.4. The zero-order valence-corrected chi connectivity index (χ0v) is 26.3. The van der Waals surface area contributed by atoms with Gasteiger partial charge in [-0.3, -0.25) is 9.36 Å². The predicted molar refractivity (Wildman–Crippen MR) is 176 cm³/mol. The summed E-state index contributed by atoms with van der Waals surface area (Å²) in [6.07, 6.45) is 3.68. The third-order valence-corrected chi connectivity index (χ3v) is 8.34. The fourth-order valence-corrected chi connectivity index (χ4v) is 5.90. The first kappa shape index (κ1) is 31.9. The first-order valence-electron chi connectivity index (χ1n) is 15.4. The van der Waals surface area contributed by atoms with E-state index in [2.05, 4.69) is 26.8 Å². The maximum Gasteiger partial charge on any atom is 0.225 e. The van der Waals surface area contributed by atoms with Gasteiger partial charge in [0.05, 0.1) is 33.3 Å². The Balaban J connectivity index is 1.30. The molecule has 3 heterocycles. The normalized spacial score (nSPS) is 17.8. The summed E-state index contributed by atoms with van der Waals surface area (Å²) in [5.41, 5.74) is 2.50. The lowest BCUT2D eigenvalue weighted by Gasteiger charge is -2.37. The molecule has 3 aromatic carbocycles. The molecule has 2 aromatic heterocycles. The zero-order chi connectivity index (χ0) is 32.8. The van der Waals surface area contributed by atoms with E-state index < -0.39 is 24.0 Å². The van der Waals surface area contributed by atoms with Crippen molar-refractivity contribution in [3.05, 3.63) is 121 Å². The summed E-state index contributed by atoms with van der Waals surface area (Å²) in [6, 6.07) is 25.5. The van der Waals surface area contributed by atoms with Gasteiger partial charge in [-0.15, -0.1) is 6.58 Å². The molecule has 5 aromatic rings. The standard InChI is InChI=1S/C36H37N5O6/c1-4-5-11-31(43)40-34-33-35(38-22-37-34)41(23-39-33)32-20-29(42)30(47-32)21-46-36(24-9-7-6-8-10-24,25-12-16-27(44-2)17-13-25)26-14-18-28(45-3)19-15-26/h4,6-10,12-19,22-23,29-30,32,42H,1,5,11,20-21H2,2-3H3,(H,37,38,40,43)/t29-,30+,32+/m0/s1. The number of allylic oxidation sites excluding steroid dienone is 1. The van der Waals surface area contributed by atoms with Crippen LogP contribution in [0.25, 0.3) is 11.2 Å². The van der Waals surface area contributed by atoms with Crippen LogP contribution in [-0.2, 0) is 19.9 Å². The van der Waals surface area contributed by atoms with Gasteiger partial charge >= 0.3 is 0 Å². The number of methoxy groups -OCH3 is 2. The summed E-state index contributed by atoms with van der Waals surface area (Å²) in [6.45, 7) is 3.73. The number of hydrogen-bond donors (Lipinski definition) is 2. The maximum absolute atomic E-state index is 12.4. The van der Waals surface area contributed by atoms with E-state index in [1.807, 2.05) is 78.9 Å². The Morgan fingerprint density at radius 2 is 1.62 bits per heavy atom. The highest BCUT2D eigenvalue weighted by Crippen LogP contribution is 2.43. The molecule has 1 aliphatic heterocycles. The van der Waals surface area contributed by atoms with Crippen LogP contribution in [0.4, 0.5) is 5.82 Å². The van der Waals surface area contributed by atoms with E-state index in [4.69, 9.17) is 18.9 Å². The minimum atomic E-state index is -1.06.